The fourth-order valence-corrected chi connectivity index (χ4v) is 5.12. The molecule has 1 aliphatic rings. The van der Waals surface area contributed by atoms with Gasteiger partial charge in [0.15, 0.2) is 0 Å². The molecule has 2 aromatic rings. The number of halogens is 3. The first-order valence-electron chi connectivity index (χ1n) is 10.3. The van der Waals surface area contributed by atoms with Crippen LogP contribution in [0.15, 0.2) is 53.4 Å². The highest BCUT2D eigenvalue weighted by atomic mass is 32.2. The first kappa shape index (κ1) is 25.0. The Kier molecular flexibility index (Phi) is 7.65. The van der Waals surface area contributed by atoms with Gasteiger partial charge in [0.05, 0.1) is 10.5 Å². The van der Waals surface area contributed by atoms with Gasteiger partial charge in [-0.15, -0.1) is 0 Å². The summed E-state index contributed by atoms with van der Waals surface area (Å²) in [5.74, 6) is -0.392. The molecule has 0 saturated carbocycles. The molecule has 1 fully saturated rings. The molecule has 11 heteroatoms. The highest BCUT2D eigenvalue weighted by Crippen LogP contribution is 2.30. The molecule has 2 atom stereocenters. The van der Waals surface area contributed by atoms with Gasteiger partial charge in [0.1, 0.15) is 24.5 Å². The van der Waals surface area contributed by atoms with E-state index in [2.05, 4.69) is 5.32 Å². The van der Waals surface area contributed by atoms with Crippen LogP contribution < -0.4 is 10.1 Å². The third-order valence-electron chi connectivity index (χ3n) is 5.27. The summed E-state index contributed by atoms with van der Waals surface area (Å²) in [5, 5.41) is 12.6. The number of nitrogens with one attached hydrogen (secondary N) is 1. The average Bonchev–Trinajstić information content (AvgIpc) is 3.27. The molecule has 0 aliphatic carbocycles. The summed E-state index contributed by atoms with van der Waals surface area (Å²) in [4.78, 5) is 12.7. The van der Waals surface area contributed by atoms with Crippen LogP contribution in [-0.4, -0.2) is 55.6 Å². The number of carbonyl (C=O) groups is 1. The number of rotatable bonds is 8. The Bertz CT molecular complexity index is 1060. The minimum Gasteiger partial charge on any atom is -0.491 e. The third kappa shape index (κ3) is 6.24. The Morgan fingerprint density at radius 2 is 1.82 bits per heavy atom. The van der Waals surface area contributed by atoms with Crippen molar-refractivity contribution in [3.05, 3.63) is 59.7 Å². The molecule has 1 amide bonds. The Hall–Kier alpha value is -2.63. The summed E-state index contributed by atoms with van der Waals surface area (Å²) in [5.41, 5.74) is 0.0986. The van der Waals surface area contributed by atoms with E-state index in [4.69, 9.17) is 4.74 Å². The van der Waals surface area contributed by atoms with Crippen molar-refractivity contribution in [2.75, 3.05) is 19.7 Å². The zero-order valence-corrected chi connectivity index (χ0v) is 18.7. The lowest BCUT2D eigenvalue weighted by Crippen LogP contribution is -2.48. The van der Waals surface area contributed by atoms with E-state index in [1.807, 2.05) is 6.92 Å². The van der Waals surface area contributed by atoms with E-state index in [-0.39, 0.29) is 30.3 Å². The standard InChI is InChI=1S/C22H25F3N2O5S/c1-15-4-10-19(11-5-15)33(30,31)27-12-2-3-20(27)21(29)26-13-17(28)14-32-18-8-6-16(7-9-18)22(23,24)25/h4-11,17,20,28H,2-3,12-14H2,1H3,(H,26,29)/t17?,20-/m0/s1. The van der Waals surface area contributed by atoms with Gasteiger partial charge in [-0.1, -0.05) is 17.7 Å². The smallest absolute Gasteiger partial charge is 0.416 e. The van der Waals surface area contributed by atoms with Gasteiger partial charge < -0.3 is 15.2 Å². The van der Waals surface area contributed by atoms with E-state index in [0.717, 1.165) is 34.1 Å². The number of alkyl halides is 3. The van der Waals surface area contributed by atoms with Crippen molar-refractivity contribution in [3.63, 3.8) is 0 Å². The number of nitrogens with zero attached hydrogens (tertiary/aromatic N) is 1. The minimum absolute atomic E-state index is 0.109. The quantitative estimate of drug-likeness (QED) is 0.598. The first-order chi connectivity index (χ1) is 15.5. The molecule has 180 valence electrons. The Labute approximate surface area is 190 Å². The van der Waals surface area contributed by atoms with Crippen LogP contribution in [0.1, 0.15) is 24.0 Å². The number of aliphatic hydroxyl groups excluding tert-OH is 1. The minimum atomic E-state index is -4.45. The summed E-state index contributed by atoms with van der Waals surface area (Å²) in [6.07, 6.45) is -4.71. The Morgan fingerprint density at radius 3 is 2.42 bits per heavy atom. The maximum absolute atomic E-state index is 13.0. The van der Waals surface area contributed by atoms with Gasteiger partial charge in [-0.2, -0.15) is 17.5 Å². The highest BCUT2D eigenvalue weighted by Gasteiger charge is 2.39. The fraction of sp³-hybridized carbons (Fsp3) is 0.409. The van der Waals surface area contributed by atoms with Crippen LogP contribution in [-0.2, 0) is 21.0 Å². The summed E-state index contributed by atoms with van der Waals surface area (Å²) in [6.45, 7) is 1.60. The number of sulfonamides is 1. The average molecular weight is 487 g/mol. The van der Waals surface area contributed by atoms with Crippen molar-refractivity contribution in [2.24, 2.45) is 0 Å². The highest BCUT2D eigenvalue weighted by molar-refractivity contribution is 7.89. The second kappa shape index (κ2) is 10.1. The molecule has 0 aromatic heterocycles. The first-order valence-corrected chi connectivity index (χ1v) is 11.8. The molecule has 2 N–H and O–H groups in total. The molecule has 0 radical (unpaired) electrons. The lowest BCUT2D eigenvalue weighted by atomic mass is 10.2. The largest absolute Gasteiger partial charge is 0.491 e. The van der Waals surface area contributed by atoms with Crippen molar-refractivity contribution in [1.82, 2.24) is 9.62 Å². The van der Waals surface area contributed by atoms with Gasteiger partial charge in [0, 0.05) is 13.1 Å². The van der Waals surface area contributed by atoms with E-state index in [1.165, 1.54) is 12.1 Å². The second-order valence-electron chi connectivity index (χ2n) is 7.82. The van der Waals surface area contributed by atoms with Gasteiger partial charge >= 0.3 is 6.18 Å². The number of hydrogen-bond donors (Lipinski definition) is 2. The SMILES string of the molecule is Cc1ccc(S(=O)(=O)N2CCC[C@H]2C(=O)NCC(O)COc2ccc(C(F)(F)F)cc2)cc1. The number of aryl methyl sites for hydroxylation is 1. The predicted molar refractivity (Wildman–Crippen MR) is 114 cm³/mol. The van der Waals surface area contributed by atoms with Gasteiger partial charge in [-0.25, -0.2) is 8.42 Å². The topological polar surface area (TPSA) is 95.9 Å². The molecule has 7 nitrogen and oxygen atoms in total. The van der Waals surface area contributed by atoms with Gasteiger partial charge in [-0.3, -0.25) is 4.79 Å². The molecular weight excluding hydrogens is 461 g/mol. The molecule has 0 bridgehead atoms. The number of amides is 1. The van der Waals surface area contributed by atoms with E-state index in [9.17, 15) is 31.5 Å². The third-order valence-corrected chi connectivity index (χ3v) is 7.19. The lowest BCUT2D eigenvalue weighted by Gasteiger charge is -2.24. The summed E-state index contributed by atoms with van der Waals surface area (Å²) in [6, 6.07) is 9.50. The number of hydrogen-bond acceptors (Lipinski definition) is 5. The molecule has 3 rings (SSSR count). The van der Waals surface area contributed by atoms with Crippen LogP contribution in [0.25, 0.3) is 0 Å². The van der Waals surface area contributed by atoms with Gasteiger partial charge in [0.2, 0.25) is 15.9 Å². The number of aliphatic hydroxyl groups is 1. The van der Waals surface area contributed by atoms with Crippen LogP contribution in [0.2, 0.25) is 0 Å². The second-order valence-corrected chi connectivity index (χ2v) is 9.71. The maximum Gasteiger partial charge on any atom is 0.416 e. The monoisotopic (exact) mass is 486 g/mol. The van der Waals surface area contributed by atoms with E-state index in [0.29, 0.717) is 12.8 Å². The van der Waals surface area contributed by atoms with Crippen LogP contribution in [0.5, 0.6) is 5.75 Å². The van der Waals surface area contributed by atoms with Gasteiger partial charge in [0.25, 0.3) is 0 Å². The summed E-state index contributed by atoms with van der Waals surface area (Å²) in [7, 11) is -3.84. The van der Waals surface area contributed by atoms with Gasteiger partial charge in [-0.05, 0) is 56.2 Å². The lowest BCUT2D eigenvalue weighted by molar-refractivity contribution is -0.137. The molecule has 2 aromatic carbocycles. The normalized spacial score (nSPS) is 18.2. The summed E-state index contributed by atoms with van der Waals surface area (Å²) >= 11 is 0. The molecular formula is C22H25F3N2O5S. The van der Waals surface area contributed by atoms with Crippen molar-refractivity contribution < 1.29 is 36.2 Å². The zero-order valence-electron chi connectivity index (χ0n) is 17.9. The molecule has 1 saturated heterocycles. The van der Waals surface area contributed by atoms with E-state index >= 15 is 0 Å². The fourth-order valence-electron chi connectivity index (χ4n) is 3.46. The molecule has 33 heavy (non-hydrogen) atoms. The number of ether oxygens (including phenoxy) is 1. The maximum atomic E-state index is 13.0. The molecule has 1 heterocycles. The summed E-state index contributed by atoms with van der Waals surface area (Å²) < 4.78 is 70.1. The molecule has 0 spiro atoms. The van der Waals surface area contributed by atoms with E-state index < -0.39 is 39.8 Å². The van der Waals surface area contributed by atoms with Crippen molar-refractivity contribution in [2.45, 2.75) is 43.0 Å². The molecule has 1 unspecified atom stereocenters. The van der Waals surface area contributed by atoms with Crippen LogP contribution >= 0.6 is 0 Å². The van der Waals surface area contributed by atoms with E-state index in [1.54, 1.807) is 12.1 Å². The Balaban J connectivity index is 1.52. The van der Waals surface area contributed by atoms with Crippen molar-refractivity contribution in [1.29, 1.82) is 0 Å². The number of carbonyl (C=O) groups excluding carboxylic acids is 1. The number of benzene rings is 2. The molecule has 1 aliphatic heterocycles. The van der Waals surface area contributed by atoms with Crippen molar-refractivity contribution in [3.8, 4) is 5.75 Å². The van der Waals surface area contributed by atoms with Crippen LogP contribution in [0.4, 0.5) is 13.2 Å². The van der Waals surface area contributed by atoms with Crippen molar-refractivity contribution >= 4 is 15.9 Å². The predicted octanol–water partition coefficient (Wildman–Crippen LogP) is 2.72. The van der Waals surface area contributed by atoms with Crippen LogP contribution in [0.3, 0.4) is 0 Å². The zero-order chi connectivity index (χ0) is 24.2. The Morgan fingerprint density at radius 1 is 1.18 bits per heavy atom. The van der Waals surface area contributed by atoms with Crippen LogP contribution in [0, 0.1) is 6.92 Å².